The zero-order valence-electron chi connectivity index (χ0n) is 14.7. The molecule has 1 aromatic rings. The number of carbonyl (C=O) groups is 2. The maximum Gasteiger partial charge on any atom is 0.328 e. The van der Waals surface area contributed by atoms with Gasteiger partial charge >= 0.3 is 11.9 Å². The first-order valence-electron chi connectivity index (χ1n) is 8.47. The number of carboxylic acid groups (broad SMARTS) is 2. The molecule has 3 rings (SSSR count). The second-order valence-corrected chi connectivity index (χ2v) is 5.74. The summed E-state index contributed by atoms with van der Waals surface area (Å²) in [7, 11) is 0. The van der Waals surface area contributed by atoms with Gasteiger partial charge in [0.2, 0.25) is 0 Å². The molecule has 3 N–H and O–H groups in total. The Morgan fingerprint density at radius 1 is 1.11 bits per heavy atom. The third-order valence-electron chi connectivity index (χ3n) is 3.55. The van der Waals surface area contributed by atoms with E-state index in [9.17, 15) is 9.59 Å². The molecule has 9 nitrogen and oxygen atoms in total. The zero-order chi connectivity index (χ0) is 19.5. The monoisotopic (exact) mass is 381 g/mol. The zero-order valence-corrected chi connectivity index (χ0v) is 14.7. The molecule has 2 heterocycles. The summed E-state index contributed by atoms with van der Waals surface area (Å²) in [6.07, 6.45) is 1.21. The summed E-state index contributed by atoms with van der Waals surface area (Å²) in [6.45, 7) is 4.17. The average Bonchev–Trinajstić information content (AvgIpc) is 2.68. The van der Waals surface area contributed by atoms with Crippen molar-refractivity contribution in [1.82, 2.24) is 5.32 Å². The molecule has 9 heteroatoms. The minimum atomic E-state index is -1.26. The number of hydrogen-bond acceptors (Lipinski definition) is 7. The first-order chi connectivity index (χ1) is 13.0. The number of nitrogens with one attached hydrogen (secondary N) is 1. The third-order valence-corrected chi connectivity index (χ3v) is 3.55. The molecular formula is C18H23NO8. The van der Waals surface area contributed by atoms with Crippen LogP contribution in [0, 0.1) is 0 Å². The number of aliphatic carboxylic acids is 2. The van der Waals surface area contributed by atoms with E-state index in [1.165, 1.54) is 0 Å². The number of rotatable bonds is 6. The predicted molar refractivity (Wildman–Crippen MR) is 94.2 cm³/mol. The van der Waals surface area contributed by atoms with Crippen molar-refractivity contribution < 1.29 is 38.7 Å². The van der Waals surface area contributed by atoms with Gasteiger partial charge in [0, 0.05) is 25.2 Å². The van der Waals surface area contributed by atoms with Crippen LogP contribution in [0.1, 0.15) is 0 Å². The van der Waals surface area contributed by atoms with Crippen LogP contribution in [0.25, 0.3) is 0 Å². The van der Waals surface area contributed by atoms with E-state index < -0.39 is 11.9 Å². The van der Waals surface area contributed by atoms with Crippen molar-refractivity contribution in [3.8, 4) is 11.5 Å². The second kappa shape index (κ2) is 11.2. The Balaban J connectivity index is 0.000000279. The van der Waals surface area contributed by atoms with Crippen molar-refractivity contribution in [3.05, 3.63) is 36.4 Å². The van der Waals surface area contributed by atoms with Crippen molar-refractivity contribution in [2.75, 3.05) is 39.5 Å². The van der Waals surface area contributed by atoms with Crippen LogP contribution >= 0.6 is 0 Å². The Morgan fingerprint density at radius 2 is 1.78 bits per heavy atom. The lowest BCUT2D eigenvalue weighted by molar-refractivity contribution is -0.134. The Kier molecular flexibility index (Phi) is 8.56. The van der Waals surface area contributed by atoms with Crippen molar-refractivity contribution in [3.63, 3.8) is 0 Å². The lowest BCUT2D eigenvalue weighted by Crippen LogP contribution is -2.42. The number of hydrogen-bond donors (Lipinski definition) is 3. The van der Waals surface area contributed by atoms with E-state index in [0.717, 1.165) is 31.2 Å². The molecule has 2 unspecified atom stereocenters. The number of para-hydroxylation sites is 2. The Bertz CT molecular complexity index is 626. The second-order valence-electron chi connectivity index (χ2n) is 5.74. The highest BCUT2D eigenvalue weighted by Crippen LogP contribution is 2.30. The quantitative estimate of drug-likeness (QED) is 0.606. The molecule has 1 aromatic carbocycles. The van der Waals surface area contributed by atoms with Gasteiger partial charge in [0.25, 0.3) is 0 Å². The first kappa shape index (κ1) is 20.7. The molecule has 1 saturated heterocycles. The smallest absolute Gasteiger partial charge is 0.328 e. The number of morpholine rings is 1. The maximum atomic E-state index is 9.55. The third kappa shape index (κ3) is 8.07. The predicted octanol–water partition coefficient (Wildman–Crippen LogP) is 0.543. The molecule has 2 aliphatic rings. The van der Waals surface area contributed by atoms with Gasteiger partial charge in [0.05, 0.1) is 25.9 Å². The van der Waals surface area contributed by atoms with Crippen LogP contribution in [0.5, 0.6) is 11.5 Å². The molecule has 0 aromatic heterocycles. The minimum Gasteiger partial charge on any atom is -0.486 e. The fourth-order valence-corrected chi connectivity index (χ4v) is 2.35. The van der Waals surface area contributed by atoms with Gasteiger partial charge in [-0.15, -0.1) is 0 Å². The highest BCUT2D eigenvalue weighted by molar-refractivity contribution is 5.89. The van der Waals surface area contributed by atoms with E-state index >= 15 is 0 Å². The van der Waals surface area contributed by atoms with Gasteiger partial charge in [-0.05, 0) is 12.1 Å². The maximum absolute atomic E-state index is 9.55. The van der Waals surface area contributed by atoms with Gasteiger partial charge in [-0.1, -0.05) is 12.1 Å². The average molecular weight is 381 g/mol. The SMILES string of the molecule is O=C(O)/C=C\C(=O)O.c1ccc2c(c1)OCC(COCC1CNCCO1)O2. The van der Waals surface area contributed by atoms with Crippen LogP contribution in [0.4, 0.5) is 0 Å². The summed E-state index contributed by atoms with van der Waals surface area (Å²) < 4.78 is 22.7. The Labute approximate surface area is 156 Å². The standard InChI is InChI=1S/C14H19NO4.C4H4O4/c1-2-4-14-13(3-1)18-10-12(19-14)9-16-8-11-7-15-5-6-17-11;5-3(6)1-2-4(7)8/h1-4,11-12,15H,5-10H2;1-2H,(H,5,6)(H,7,8)/b;2-1-. The van der Waals surface area contributed by atoms with Gasteiger partial charge in [-0.3, -0.25) is 0 Å². The molecule has 148 valence electrons. The Morgan fingerprint density at radius 3 is 2.41 bits per heavy atom. The molecule has 2 atom stereocenters. The number of fused-ring (bicyclic) bond motifs is 1. The van der Waals surface area contributed by atoms with Crippen LogP contribution in [0.2, 0.25) is 0 Å². The topological polar surface area (TPSA) is 124 Å². The van der Waals surface area contributed by atoms with Crippen LogP contribution in [0.3, 0.4) is 0 Å². The summed E-state index contributed by atoms with van der Waals surface area (Å²) in [6, 6.07) is 7.70. The highest BCUT2D eigenvalue weighted by atomic mass is 16.6. The van der Waals surface area contributed by atoms with Crippen LogP contribution in [0.15, 0.2) is 36.4 Å². The van der Waals surface area contributed by atoms with Gasteiger partial charge in [-0.2, -0.15) is 0 Å². The summed E-state index contributed by atoms with van der Waals surface area (Å²) >= 11 is 0. The highest BCUT2D eigenvalue weighted by Gasteiger charge is 2.21. The van der Waals surface area contributed by atoms with E-state index in [-0.39, 0.29) is 12.2 Å². The number of carboxylic acids is 2. The van der Waals surface area contributed by atoms with E-state index in [2.05, 4.69) is 5.32 Å². The normalized spacial score (nSPS) is 21.2. The van der Waals surface area contributed by atoms with Crippen LogP contribution in [-0.4, -0.2) is 73.9 Å². The lowest BCUT2D eigenvalue weighted by atomic mass is 10.2. The number of ether oxygens (including phenoxy) is 4. The molecule has 0 spiro atoms. The molecule has 0 saturated carbocycles. The molecule has 0 bridgehead atoms. The summed E-state index contributed by atoms with van der Waals surface area (Å²) in [5.74, 6) is -0.920. The first-order valence-corrected chi connectivity index (χ1v) is 8.47. The van der Waals surface area contributed by atoms with Crippen molar-refractivity contribution in [1.29, 1.82) is 0 Å². The van der Waals surface area contributed by atoms with Crippen molar-refractivity contribution in [2.24, 2.45) is 0 Å². The largest absolute Gasteiger partial charge is 0.486 e. The minimum absolute atomic E-state index is 0.0496. The van der Waals surface area contributed by atoms with Crippen LogP contribution < -0.4 is 14.8 Å². The molecule has 0 radical (unpaired) electrons. The van der Waals surface area contributed by atoms with E-state index in [4.69, 9.17) is 29.2 Å². The van der Waals surface area contributed by atoms with Crippen molar-refractivity contribution >= 4 is 11.9 Å². The molecular weight excluding hydrogens is 358 g/mol. The van der Waals surface area contributed by atoms with Gasteiger partial charge in [-0.25, -0.2) is 9.59 Å². The van der Waals surface area contributed by atoms with E-state index in [1.807, 2.05) is 24.3 Å². The molecule has 27 heavy (non-hydrogen) atoms. The van der Waals surface area contributed by atoms with Gasteiger partial charge in [0.1, 0.15) is 6.61 Å². The van der Waals surface area contributed by atoms with Crippen LogP contribution in [-0.2, 0) is 19.1 Å². The molecule has 2 aliphatic heterocycles. The van der Waals surface area contributed by atoms with Gasteiger partial charge in [0.15, 0.2) is 17.6 Å². The van der Waals surface area contributed by atoms with E-state index in [1.54, 1.807) is 0 Å². The van der Waals surface area contributed by atoms with Gasteiger partial charge < -0.3 is 34.5 Å². The Hall–Kier alpha value is -2.62. The summed E-state index contributed by atoms with van der Waals surface area (Å²) in [4.78, 5) is 19.1. The molecule has 0 amide bonds. The van der Waals surface area contributed by atoms with E-state index in [0.29, 0.717) is 32.0 Å². The lowest BCUT2D eigenvalue weighted by Gasteiger charge is -2.27. The fraction of sp³-hybridized carbons (Fsp3) is 0.444. The number of benzene rings is 1. The van der Waals surface area contributed by atoms with Crippen molar-refractivity contribution in [2.45, 2.75) is 12.2 Å². The molecule has 0 aliphatic carbocycles. The fourth-order valence-electron chi connectivity index (χ4n) is 2.35. The summed E-state index contributed by atoms with van der Waals surface area (Å²) in [5, 5.41) is 18.9. The molecule has 1 fully saturated rings. The summed E-state index contributed by atoms with van der Waals surface area (Å²) in [5.41, 5.74) is 0.